The third kappa shape index (κ3) is 3.09. The van der Waals surface area contributed by atoms with Gasteiger partial charge in [-0.3, -0.25) is 4.98 Å². The molecule has 4 heterocycles. The average Bonchev–Trinajstić information content (AvgIpc) is 3.46. The second-order valence-corrected chi connectivity index (χ2v) is 7.04. The van der Waals surface area contributed by atoms with Crippen LogP contribution in [0.1, 0.15) is 37.1 Å². The fourth-order valence-corrected chi connectivity index (χ4v) is 3.45. The Morgan fingerprint density at radius 2 is 2.07 bits per heavy atom. The van der Waals surface area contributed by atoms with Crippen LogP contribution in [-0.4, -0.2) is 24.9 Å². The van der Waals surface area contributed by atoms with E-state index < -0.39 is 5.95 Å². The van der Waals surface area contributed by atoms with Gasteiger partial charge >= 0.3 is 0 Å². The van der Waals surface area contributed by atoms with Crippen LogP contribution < -0.4 is 5.32 Å². The molecule has 1 aliphatic carbocycles. The first-order valence-electron chi connectivity index (χ1n) is 9.43. The number of anilines is 2. The van der Waals surface area contributed by atoms with Crippen molar-refractivity contribution in [2.75, 3.05) is 5.32 Å². The molecule has 7 heteroatoms. The summed E-state index contributed by atoms with van der Waals surface area (Å²) in [6, 6.07) is 7.14. The third-order valence-corrected chi connectivity index (χ3v) is 5.03. The molecule has 2 N–H and O–H groups in total. The number of aryl methyl sites for hydroxylation is 1. The first-order chi connectivity index (χ1) is 13.7. The van der Waals surface area contributed by atoms with E-state index in [-0.39, 0.29) is 0 Å². The minimum atomic E-state index is -0.544. The van der Waals surface area contributed by atoms with Crippen LogP contribution >= 0.6 is 0 Å². The molecule has 5 rings (SSSR count). The zero-order valence-corrected chi connectivity index (χ0v) is 15.4. The molecule has 0 radical (unpaired) electrons. The van der Waals surface area contributed by atoms with Gasteiger partial charge in [-0.25, -0.2) is 15.0 Å². The first kappa shape index (κ1) is 16.8. The molecule has 0 spiro atoms. The van der Waals surface area contributed by atoms with Crippen LogP contribution in [0.2, 0.25) is 0 Å². The number of rotatable bonds is 5. The third-order valence-electron chi connectivity index (χ3n) is 5.03. The Hall–Kier alpha value is -3.35. The van der Waals surface area contributed by atoms with Crippen LogP contribution in [-0.2, 0) is 6.42 Å². The van der Waals surface area contributed by atoms with E-state index in [1.54, 1.807) is 12.5 Å². The van der Waals surface area contributed by atoms with Gasteiger partial charge in [0.2, 0.25) is 5.95 Å². The number of H-pyrrole nitrogens is 1. The fraction of sp³-hybridized carbons (Fsp3) is 0.238. The van der Waals surface area contributed by atoms with Gasteiger partial charge in [-0.15, -0.1) is 0 Å². The van der Waals surface area contributed by atoms with Crippen LogP contribution in [0.25, 0.3) is 22.2 Å². The van der Waals surface area contributed by atoms with E-state index in [1.165, 1.54) is 6.07 Å². The zero-order chi connectivity index (χ0) is 19.1. The van der Waals surface area contributed by atoms with Crippen molar-refractivity contribution in [3.05, 3.63) is 60.3 Å². The van der Waals surface area contributed by atoms with Crippen molar-refractivity contribution < 1.29 is 4.39 Å². The molecule has 0 unspecified atom stereocenters. The number of halogens is 1. The lowest BCUT2D eigenvalue weighted by molar-refractivity contribution is 0.586. The van der Waals surface area contributed by atoms with Gasteiger partial charge in [0.1, 0.15) is 17.8 Å². The standard InChI is InChI=1S/C21H19FN6/c1-2-14-5-6-15(9-23-14)27-18-8-13(7-17(22)28-18)16-10-24-21-19(16)20(12-3-4-12)25-11-26-21/h5-12H,2-4H2,1H3,(H,27,28)(H,24,25,26). The number of pyridine rings is 2. The fourth-order valence-electron chi connectivity index (χ4n) is 3.45. The number of aromatic amines is 1. The maximum Gasteiger partial charge on any atom is 0.215 e. The smallest absolute Gasteiger partial charge is 0.215 e. The predicted octanol–water partition coefficient (Wildman–Crippen LogP) is 4.74. The molecule has 4 aromatic heterocycles. The Labute approximate surface area is 161 Å². The van der Waals surface area contributed by atoms with E-state index in [2.05, 4.69) is 37.2 Å². The molecule has 4 aromatic rings. The van der Waals surface area contributed by atoms with Crippen LogP contribution in [0, 0.1) is 5.95 Å². The molecule has 0 atom stereocenters. The van der Waals surface area contributed by atoms with Crippen molar-refractivity contribution in [3.8, 4) is 11.1 Å². The highest BCUT2D eigenvalue weighted by molar-refractivity contribution is 5.96. The normalized spacial score (nSPS) is 13.8. The molecule has 1 fully saturated rings. The molecule has 0 bridgehead atoms. The Morgan fingerprint density at radius 1 is 1.18 bits per heavy atom. The quantitative estimate of drug-likeness (QED) is 0.493. The summed E-state index contributed by atoms with van der Waals surface area (Å²) in [5, 5.41) is 4.11. The van der Waals surface area contributed by atoms with Crippen molar-refractivity contribution in [2.45, 2.75) is 32.1 Å². The number of aromatic nitrogens is 5. The Bertz CT molecular complexity index is 1150. The summed E-state index contributed by atoms with van der Waals surface area (Å²) >= 11 is 0. The minimum absolute atomic E-state index is 0.431. The molecule has 0 aliphatic heterocycles. The highest BCUT2D eigenvalue weighted by Crippen LogP contribution is 2.44. The monoisotopic (exact) mass is 374 g/mol. The molecule has 1 aliphatic rings. The van der Waals surface area contributed by atoms with E-state index in [9.17, 15) is 4.39 Å². The molecule has 140 valence electrons. The summed E-state index contributed by atoms with van der Waals surface area (Å²) in [6.45, 7) is 2.05. The molecule has 6 nitrogen and oxygen atoms in total. The van der Waals surface area contributed by atoms with Crippen molar-refractivity contribution in [2.24, 2.45) is 0 Å². The second kappa shape index (κ2) is 6.67. The summed E-state index contributed by atoms with van der Waals surface area (Å²) in [4.78, 5) is 20.4. The summed E-state index contributed by atoms with van der Waals surface area (Å²) < 4.78 is 14.3. The lowest BCUT2D eigenvalue weighted by Crippen LogP contribution is -1.98. The number of hydrogen-bond acceptors (Lipinski definition) is 5. The maximum atomic E-state index is 14.3. The molecule has 0 amide bonds. The van der Waals surface area contributed by atoms with Crippen LogP contribution in [0.15, 0.2) is 43.0 Å². The highest BCUT2D eigenvalue weighted by Gasteiger charge is 2.29. The van der Waals surface area contributed by atoms with Gasteiger partial charge in [0.25, 0.3) is 0 Å². The summed E-state index contributed by atoms with van der Waals surface area (Å²) in [5.74, 6) is 0.352. The average molecular weight is 374 g/mol. The summed E-state index contributed by atoms with van der Waals surface area (Å²) in [5.41, 5.74) is 5.20. The Morgan fingerprint density at radius 3 is 2.82 bits per heavy atom. The van der Waals surface area contributed by atoms with E-state index in [0.29, 0.717) is 11.7 Å². The van der Waals surface area contributed by atoms with Gasteiger partial charge in [0, 0.05) is 34.8 Å². The number of fused-ring (bicyclic) bond motifs is 1. The van der Waals surface area contributed by atoms with E-state index >= 15 is 0 Å². The van der Waals surface area contributed by atoms with Crippen LogP contribution in [0.3, 0.4) is 0 Å². The van der Waals surface area contributed by atoms with E-state index in [4.69, 9.17) is 0 Å². The maximum absolute atomic E-state index is 14.3. The highest BCUT2D eigenvalue weighted by atomic mass is 19.1. The lowest BCUT2D eigenvalue weighted by Gasteiger charge is -2.09. The topological polar surface area (TPSA) is 79.4 Å². The molecule has 1 saturated carbocycles. The minimum Gasteiger partial charge on any atom is -0.345 e. The van der Waals surface area contributed by atoms with Gasteiger partial charge in [-0.2, -0.15) is 4.39 Å². The molecule has 28 heavy (non-hydrogen) atoms. The molecule has 0 aromatic carbocycles. The SMILES string of the molecule is CCc1ccc(Nc2cc(-c3c[nH]c4ncnc(C5CC5)c34)cc(F)n2)cn1. The van der Waals surface area contributed by atoms with Crippen LogP contribution in [0.4, 0.5) is 15.9 Å². The largest absolute Gasteiger partial charge is 0.345 e. The second-order valence-electron chi connectivity index (χ2n) is 7.04. The zero-order valence-electron chi connectivity index (χ0n) is 15.4. The predicted molar refractivity (Wildman–Crippen MR) is 106 cm³/mol. The number of nitrogens with zero attached hydrogens (tertiary/aromatic N) is 4. The van der Waals surface area contributed by atoms with Gasteiger partial charge in [0.05, 0.1) is 17.6 Å². The van der Waals surface area contributed by atoms with Gasteiger partial charge in [-0.1, -0.05) is 6.92 Å². The summed E-state index contributed by atoms with van der Waals surface area (Å²) in [6.07, 6.45) is 8.32. The summed E-state index contributed by atoms with van der Waals surface area (Å²) in [7, 11) is 0. The number of hydrogen-bond donors (Lipinski definition) is 2. The molecular formula is C21H19FN6. The van der Waals surface area contributed by atoms with Crippen molar-refractivity contribution >= 4 is 22.5 Å². The molecular weight excluding hydrogens is 355 g/mol. The molecule has 0 saturated heterocycles. The van der Waals surface area contributed by atoms with Crippen molar-refractivity contribution in [1.82, 2.24) is 24.9 Å². The van der Waals surface area contributed by atoms with Gasteiger partial charge in [0.15, 0.2) is 0 Å². The number of nitrogens with one attached hydrogen (secondary N) is 2. The Balaban J connectivity index is 1.55. The van der Waals surface area contributed by atoms with E-state index in [1.807, 2.05) is 24.4 Å². The van der Waals surface area contributed by atoms with E-state index in [0.717, 1.165) is 58.5 Å². The van der Waals surface area contributed by atoms with Crippen molar-refractivity contribution in [1.29, 1.82) is 0 Å². The Kier molecular flexibility index (Phi) is 4.00. The lowest BCUT2D eigenvalue weighted by atomic mass is 10.0. The first-order valence-corrected chi connectivity index (χ1v) is 9.43. The van der Waals surface area contributed by atoms with Crippen molar-refractivity contribution in [3.63, 3.8) is 0 Å². The van der Waals surface area contributed by atoms with Gasteiger partial charge < -0.3 is 10.3 Å². The van der Waals surface area contributed by atoms with Gasteiger partial charge in [-0.05, 0) is 43.0 Å². The van der Waals surface area contributed by atoms with Crippen LogP contribution in [0.5, 0.6) is 0 Å².